The van der Waals surface area contributed by atoms with Crippen LogP contribution in [0.2, 0.25) is 0 Å². The van der Waals surface area contributed by atoms with E-state index in [2.05, 4.69) is 10.3 Å². The standard InChI is InChI=1S/C12H11ClN2O4S/c1-7-5-9(3-4-10(7)20(13,17)18)15-12(16)11-8(2)14-6-19-11/h3-6H,1-2H3,(H,15,16). The molecule has 0 spiro atoms. The van der Waals surface area contributed by atoms with Crippen molar-refractivity contribution in [3.63, 3.8) is 0 Å². The van der Waals surface area contributed by atoms with Crippen molar-refractivity contribution in [2.24, 2.45) is 0 Å². The molecule has 0 fully saturated rings. The van der Waals surface area contributed by atoms with E-state index in [-0.39, 0.29) is 10.7 Å². The van der Waals surface area contributed by atoms with E-state index in [1.807, 2.05) is 0 Å². The van der Waals surface area contributed by atoms with E-state index in [0.717, 1.165) is 0 Å². The molecular weight excluding hydrogens is 304 g/mol. The molecule has 2 aromatic rings. The number of nitrogens with one attached hydrogen (secondary N) is 1. The van der Waals surface area contributed by atoms with E-state index < -0.39 is 15.0 Å². The van der Waals surface area contributed by atoms with Gasteiger partial charge in [0.15, 0.2) is 6.39 Å². The van der Waals surface area contributed by atoms with Gasteiger partial charge in [0.05, 0.1) is 10.6 Å². The minimum Gasteiger partial charge on any atom is -0.438 e. The number of hydrogen-bond donors (Lipinski definition) is 1. The van der Waals surface area contributed by atoms with E-state index in [0.29, 0.717) is 16.9 Å². The average molecular weight is 315 g/mol. The van der Waals surface area contributed by atoms with Gasteiger partial charge >= 0.3 is 0 Å². The third-order valence-corrected chi connectivity index (χ3v) is 4.13. The number of amides is 1. The molecule has 2 rings (SSSR count). The van der Waals surface area contributed by atoms with Crippen LogP contribution in [0.5, 0.6) is 0 Å². The van der Waals surface area contributed by atoms with Crippen LogP contribution in [0.15, 0.2) is 33.9 Å². The maximum Gasteiger partial charge on any atom is 0.293 e. The fourth-order valence-electron chi connectivity index (χ4n) is 1.71. The van der Waals surface area contributed by atoms with E-state index >= 15 is 0 Å². The van der Waals surface area contributed by atoms with Crippen LogP contribution in [0.25, 0.3) is 0 Å². The van der Waals surface area contributed by atoms with Crippen molar-refractivity contribution >= 4 is 31.3 Å². The molecule has 0 aliphatic rings. The number of benzene rings is 1. The number of rotatable bonds is 3. The summed E-state index contributed by atoms with van der Waals surface area (Å²) in [7, 11) is 1.49. The summed E-state index contributed by atoms with van der Waals surface area (Å²) >= 11 is 0. The minimum absolute atomic E-state index is 0.00742. The first kappa shape index (κ1) is 14.5. The Balaban J connectivity index is 2.26. The van der Waals surface area contributed by atoms with Crippen LogP contribution in [0.3, 0.4) is 0 Å². The van der Waals surface area contributed by atoms with Gasteiger partial charge in [-0.1, -0.05) is 0 Å². The first-order valence-electron chi connectivity index (χ1n) is 5.56. The zero-order chi connectivity index (χ0) is 14.9. The van der Waals surface area contributed by atoms with Crippen LogP contribution in [-0.2, 0) is 9.05 Å². The first-order chi connectivity index (χ1) is 9.29. The number of aromatic nitrogens is 1. The molecule has 1 aromatic carbocycles. The third kappa shape index (κ3) is 3.00. The Hall–Kier alpha value is -1.86. The van der Waals surface area contributed by atoms with E-state index in [1.165, 1.54) is 24.6 Å². The normalized spacial score (nSPS) is 11.3. The molecule has 20 heavy (non-hydrogen) atoms. The lowest BCUT2D eigenvalue weighted by Gasteiger charge is -2.07. The molecule has 0 saturated heterocycles. The summed E-state index contributed by atoms with van der Waals surface area (Å²) in [5.74, 6) is -0.349. The minimum atomic E-state index is -3.80. The molecule has 0 bridgehead atoms. The van der Waals surface area contributed by atoms with Gasteiger partial charge in [0.2, 0.25) is 5.76 Å². The van der Waals surface area contributed by atoms with Gasteiger partial charge < -0.3 is 9.73 Å². The topological polar surface area (TPSA) is 89.3 Å². The molecule has 0 aliphatic heterocycles. The van der Waals surface area contributed by atoms with Crippen molar-refractivity contribution in [1.82, 2.24) is 4.98 Å². The van der Waals surface area contributed by atoms with E-state index in [4.69, 9.17) is 15.1 Å². The summed E-state index contributed by atoms with van der Waals surface area (Å²) in [5.41, 5.74) is 1.35. The van der Waals surface area contributed by atoms with Crippen LogP contribution in [0.4, 0.5) is 5.69 Å². The second-order valence-electron chi connectivity index (χ2n) is 4.14. The molecule has 1 amide bonds. The maximum absolute atomic E-state index is 11.9. The highest BCUT2D eigenvalue weighted by atomic mass is 35.7. The van der Waals surface area contributed by atoms with Crippen molar-refractivity contribution in [1.29, 1.82) is 0 Å². The van der Waals surface area contributed by atoms with Crippen molar-refractivity contribution in [2.75, 3.05) is 5.32 Å². The van der Waals surface area contributed by atoms with E-state index in [9.17, 15) is 13.2 Å². The van der Waals surface area contributed by atoms with Gasteiger partial charge in [-0.05, 0) is 37.6 Å². The zero-order valence-corrected chi connectivity index (χ0v) is 12.2. The molecule has 1 N–H and O–H groups in total. The predicted molar refractivity (Wildman–Crippen MR) is 73.4 cm³/mol. The van der Waals surface area contributed by atoms with Crippen molar-refractivity contribution in [3.05, 3.63) is 41.6 Å². The Morgan fingerprint density at radius 2 is 2.05 bits per heavy atom. The lowest BCUT2D eigenvalue weighted by atomic mass is 10.2. The number of hydrogen-bond acceptors (Lipinski definition) is 5. The second kappa shape index (κ2) is 5.26. The van der Waals surface area contributed by atoms with Gasteiger partial charge in [-0.25, -0.2) is 13.4 Å². The summed E-state index contributed by atoms with van der Waals surface area (Å²) in [5, 5.41) is 2.59. The molecule has 0 aliphatic carbocycles. The molecule has 106 valence electrons. The van der Waals surface area contributed by atoms with Crippen molar-refractivity contribution in [3.8, 4) is 0 Å². The summed E-state index contributed by atoms with van der Waals surface area (Å²) in [6, 6.07) is 4.30. The van der Waals surface area contributed by atoms with Gasteiger partial charge in [-0.2, -0.15) is 0 Å². The van der Waals surface area contributed by atoms with Gasteiger partial charge in [0, 0.05) is 16.4 Å². The van der Waals surface area contributed by atoms with Crippen LogP contribution in [0, 0.1) is 13.8 Å². The Morgan fingerprint density at radius 3 is 2.55 bits per heavy atom. The van der Waals surface area contributed by atoms with Crippen molar-refractivity contribution < 1.29 is 17.6 Å². The Labute approximate surface area is 120 Å². The largest absolute Gasteiger partial charge is 0.438 e. The third-order valence-electron chi connectivity index (χ3n) is 2.65. The fraction of sp³-hybridized carbons (Fsp3) is 0.167. The van der Waals surface area contributed by atoms with Gasteiger partial charge in [-0.15, -0.1) is 0 Å². The SMILES string of the molecule is Cc1cc(NC(=O)c2ocnc2C)ccc1S(=O)(=O)Cl. The Bertz CT molecular complexity index is 768. The highest BCUT2D eigenvalue weighted by Crippen LogP contribution is 2.23. The molecule has 6 nitrogen and oxygen atoms in total. The van der Waals surface area contributed by atoms with Gasteiger partial charge in [0.1, 0.15) is 0 Å². The van der Waals surface area contributed by atoms with Gasteiger partial charge in [0.25, 0.3) is 15.0 Å². The molecular formula is C12H11ClN2O4S. The Kier molecular flexibility index (Phi) is 3.82. The summed E-state index contributed by atoms with van der Waals surface area (Å²) in [6.07, 6.45) is 1.18. The highest BCUT2D eigenvalue weighted by Gasteiger charge is 2.16. The van der Waals surface area contributed by atoms with E-state index in [1.54, 1.807) is 13.8 Å². The number of carbonyl (C=O) groups is 1. The second-order valence-corrected chi connectivity index (χ2v) is 6.67. The number of aryl methyl sites for hydroxylation is 2. The highest BCUT2D eigenvalue weighted by molar-refractivity contribution is 8.13. The summed E-state index contributed by atoms with van der Waals surface area (Å²) in [4.78, 5) is 15.7. The van der Waals surface area contributed by atoms with Crippen LogP contribution in [-0.4, -0.2) is 19.3 Å². The number of anilines is 1. The predicted octanol–water partition coefficient (Wildman–Crippen LogP) is 2.47. The average Bonchev–Trinajstić information content (AvgIpc) is 2.73. The smallest absolute Gasteiger partial charge is 0.293 e. The quantitative estimate of drug-likeness (QED) is 0.879. The van der Waals surface area contributed by atoms with Crippen LogP contribution in [0.1, 0.15) is 21.8 Å². The van der Waals surface area contributed by atoms with Gasteiger partial charge in [-0.3, -0.25) is 4.79 Å². The summed E-state index contributed by atoms with van der Waals surface area (Å²) in [6.45, 7) is 3.23. The monoisotopic (exact) mass is 314 g/mol. The van der Waals surface area contributed by atoms with Crippen molar-refractivity contribution in [2.45, 2.75) is 18.7 Å². The lowest BCUT2D eigenvalue weighted by Crippen LogP contribution is -2.12. The molecule has 1 heterocycles. The first-order valence-corrected chi connectivity index (χ1v) is 7.86. The number of nitrogens with zero attached hydrogens (tertiary/aromatic N) is 1. The molecule has 8 heteroatoms. The van der Waals surface area contributed by atoms with Crippen LogP contribution >= 0.6 is 10.7 Å². The molecule has 0 unspecified atom stereocenters. The lowest BCUT2D eigenvalue weighted by molar-refractivity contribution is 0.0996. The fourth-order valence-corrected chi connectivity index (χ4v) is 2.90. The number of halogens is 1. The summed E-state index contributed by atoms with van der Waals surface area (Å²) < 4.78 is 27.5. The Morgan fingerprint density at radius 1 is 1.35 bits per heavy atom. The number of carbonyl (C=O) groups excluding carboxylic acids is 1. The molecule has 0 atom stereocenters. The van der Waals surface area contributed by atoms with Crippen LogP contribution < -0.4 is 5.32 Å². The number of oxazole rings is 1. The maximum atomic E-state index is 11.9. The molecule has 0 radical (unpaired) electrons. The zero-order valence-electron chi connectivity index (χ0n) is 10.7. The molecule has 1 aromatic heterocycles. The molecule has 0 saturated carbocycles.